The Balaban J connectivity index is 0.812. The van der Waals surface area contributed by atoms with Gasteiger partial charge in [-0.1, -0.05) is 12.1 Å². The molecule has 107 heavy (non-hydrogen) atoms. The number of carboxylic acid groups (broad SMARTS) is 1. The van der Waals surface area contributed by atoms with E-state index in [1.807, 2.05) is 0 Å². The van der Waals surface area contributed by atoms with E-state index in [0.29, 0.717) is 10.1 Å². The first kappa shape index (κ1) is 86.1. The van der Waals surface area contributed by atoms with Gasteiger partial charge < -0.3 is 170 Å². The molecule has 1 aromatic heterocycles. The van der Waals surface area contributed by atoms with E-state index in [1.54, 1.807) is 0 Å². The number of aliphatic hydroxyl groups is 14. The van der Waals surface area contributed by atoms with Crippen LogP contribution in [0.1, 0.15) is 48.8 Å². The second kappa shape index (κ2) is 37.9. The number of phosphoric acid groups is 1. The van der Waals surface area contributed by atoms with E-state index in [4.69, 9.17) is 76.4 Å². The smallest absolute Gasteiger partial charge is 0.364 e. The average molecular weight is 1560 g/mol. The van der Waals surface area contributed by atoms with Crippen molar-refractivity contribution in [3.63, 3.8) is 0 Å². The number of Topliss-reactive ketones (excluding diaryl/α,β-unsaturated/α-hetero) is 1. The van der Waals surface area contributed by atoms with Gasteiger partial charge in [0.1, 0.15) is 109 Å². The van der Waals surface area contributed by atoms with Crippen LogP contribution in [0.5, 0.6) is 0 Å². The largest absolute Gasteiger partial charge is 0.756 e. The number of ether oxygens (including phenoxy) is 13. The number of nitrogen functional groups attached to an aromatic ring is 1. The molecule has 7 heterocycles. The highest BCUT2D eigenvalue weighted by Crippen LogP contribution is 2.52. The number of amides is 3. The van der Waals surface area contributed by atoms with Crippen LogP contribution in [0.2, 0.25) is 0 Å². The van der Waals surface area contributed by atoms with Crippen LogP contribution >= 0.6 is 7.82 Å². The van der Waals surface area contributed by atoms with Gasteiger partial charge in [-0.2, -0.15) is 4.98 Å². The zero-order valence-electron chi connectivity index (χ0n) is 56.6. The molecule has 602 valence electrons. The first-order chi connectivity index (χ1) is 50.6. The Kier molecular flexibility index (Phi) is 30.5. The van der Waals surface area contributed by atoms with Gasteiger partial charge >= 0.3 is 11.7 Å². The number of carbonyl (C=O) groups is 7. The van der Waals surface area contributed by atoms with Crippen molar-refractivity contribution in [3.8, 4) is 0 Å². The minimum Gasteiger partial charge on any atom is -0.756 e. The van der Waals surface area contributed by atoms with Crippen molar-refractivity contribution in [2.24, 2.45) is 5.92 Å². The summed E-state index contributed by atoms with van der Waals surface area (Å²) in [7, 11) is -4.98. The van der Waals surface area contributed by atoms with Gasteiger partial charge in [0.15, 0.2) is 49.9 Å². The molecule has 31 atom stereocenters. The van der Waals surface area contributed by atoms with Crippen molar-refractivity contribution in [1.29, 1.82) is 0 Å². The van der Waals surface area contributed by atoms with Crippen molar-refractivity contribution in [1.82, 2.24) is 30.8 Å². The molecule has 6 saturated heterocycles. The number of aromatic nitrogens is 2. The third-order valence-electron chi connectivity index (χ3n) is 17.8. The third-order valence-corrected chi connectivity index (χ3v) is 18.7. The number of hydrogen-bond acceptors (Lipinski definition) is 42. The monoisotopic (exact) mass is 1560 g/mol. The van der Waals surface area contributed by atoms with Crippen molar-refractivity contribution in [2.75, 3.05) is 52.4 Å². The molecule has 6 aliphatic rings. The number of nitrogens with one attached hydrogen (secondary N) is 4. The summed E-state index contributed by atoms with van der Waals surface area (Å²) in [4.78, 5) is 117. The molecule has 6 fully saturated rings. The van der Waals surface area contributed by atoms with Crippen LogP contribution in [0.25, 0.3) is 0 Å². The van der Waals surface area contributed by atoms with Crippen LogP contribution in [0.4, 0.5) is 5.82 Å². The number of aliphatic carboxylic acids is 1. The second-order valence-corrected chi connectivity index (χ2v) is 26.4. The fourth-order valence-corrected chi connectivity index (χ4v) is 13.5. The van der Waals surface area contributed by atoms with Crippen LogP contribution in [-0.4, -0.2) is 347 Å². The van der Waals surface area contributed by atoms with Crippen molar-refractivity contribution >= 4 is 56.1 Å². The molecule has 6 aliphatic heterocycles. The summed E-state index contributed by atoms with van der Waals surface area (Å²) in [6, 6.07) is 3.52. The number of carboxylic acids is 1. The highest BCUT2D eigenvalue weighted by molar-refractivity contribution is 7.46. The number of nitrogens with two attached hydrogens (primary N) is 1. The predicted octanol–water partition coefficient (Wildman–Crippen LogP) is -12.8. The van der Waals surface area contributed by atoms with E-state index in [2.05, 4.69) is 26.3 Å². The maximum atomic E-state index is 13.4. The Bertz CT molecular complexity index is 3430. The van der Waals surface area contributed by atoms with Crippen LogP contribution in [0, 0.1) is 5.92 Å². The lowest BCUT2D eigenvalue weighted by Gasteiger charge is -2.49. The Labute approximate surface area is 603 Å². The zero-order valence-corrected chi connectivity index (χ0v) is 57.5. The van der Waals surface area contributed by atoms with E-state index >= 15 is 0 Å². The van der Waals surface area contributed by atoms with Crippen LogP contribution in [0.15, 0.2) is 41.3 Å². The van der Waals surface area contributed by atoms with Crippen molar-refractivity contribution in [2.45, 2.75) is 211 Å². The average Bonchev–Trinajstić information content (AvgIpc) is 1.32. The number of aliphatic hydroxyl groups excluding tert-OH is 14. The molecule has 11 unspecified atom stereocenters. The highest BCUT2D eigenvalue weighted by Gasteiger charge is 2.60. The lowest BCUT2D eigenvalue weighted by molar-refractivity contribution is -0.398. The highest BCUT2D eigenvalue weighted by atomic mass is 31.2. The summed E-state index contributed by atoms with van der Waals surface area (Å²) in [5, 5.41) is 173. The number of nitrogens with zero attached hydrogens (tertiary/aromatic N) is 2. The third kappa shape index (κ3) is 20.5. The second-order valence-electron chi connectivity index (χ2n) is 25.1. The molecule has 0 bridgehead atoms. The summed E-state index contributed by atoms with van der Waals surface area (Å²) in [5.74, 6) is -10.6. The Morgan fingerprint density at radius 2 is 1.26 bits per heavy atom. The standard InChI is InChI=1S/C59H86N7O40P/c1-21(72)63-32-35(78)44(92-3)29(17-68)96-50(32)100-47-38(81)41(84)53(103-56(47)95-20-71)98-45-30(18-69)97-51(33(36(45)79)64-22(2)73)99-46-37(80)40(83)52(102-55(46)94-19-70)93-11-9-62-48(86)24-6-4-23(5-7-24)14-61-15-25(74)12-26-27(75)13-59(57(87)88,104-43(26)34(77)28(76)16-67)106-107(90,91)105-54-42(85)39(82)49(101-54)66-10-8-31(60)65-58(66)89/h4-8,10,19-20,26-30,32-47,49-56,61,67-69,75-85H,9,11-18H2,1-3H3,(H,62,86)(H,63,72)(H,64,73)(H,87,88)(H,90,91)(H2,60,65,89)/p-1/t26-,27-,28-,29?,30?,32?,33?,34-,35-,36-,37-,38-,39?,40?,41?,42-,43?,44-,45-,46+,47+,49-,50-,51-,52-,53-,54-,55?,56?,59-/m1/s1. The number of ketones is 1. The van der Waals surface area contributed by atoms with Crippen molar-refractivity contribution in [3.05, 3.63) is 58.1 Å². The van der Waals surface area contributed by atoms with Gasteiger partial charge in [0.25, 0.3) is 32.5 Å². The number of rotatable bonds is 35. The maximum absolute atomic E-state index is 13.4. The van der Waals surface area contributed by atoms with E-state index in [9.17, 15) is 124 Å². The summed E-state index contributed by atoms with van der Waals surface area (Å²) < 4.78 is 95.4. The Hall–Kier alpha value is -6.54. The van der Waals surface area contributed by atoms with Crippen LogP contribution in [0.3, 0.4) is 0 Å². The normalized spacial score (nSPS) is 37.8. The van der Waals surface area contributed by atoms with Crippen LogP contribution < -0.4 is 37.6 Å². The summed E-state index contributed by atoms with van der Waals surface area (Å²) in [6.07, 6.45) is -52.5. The molecule has 2 aromatic rings. The molecule has 0 saturated carbocycles. The molecule has 3 amide bonds. The maximum Gasteiger partial charge on any atom is 0.364 e. The summed E-state index contributed by atoms with van der Waals surface area (Å²) in [6.45, 7) is -2.55. The molecule has 0 aliphatic carbocycles. The topological polar surface area (TPSA) is 711 Å². The Morgan fingerprint density at radius 1 is 0.720 bits per heavy atom. The lowest BCUT2D eigenvalue weighted by atomic mass is 9.80. The number of benzene rings is 1. The number of methoxy groups -OCH3 is 1. The first-order valence-corrected chi connectivity index (χ1v) is 34.1. The molecule has 8 rings (SSSR count). The number of anilines is 1. The zero-order chi connectivity index (χ0) is 78.7. The van der Waals surface area contributed by atoms with Gasteiger partial charge in [-0.05, 0) is 23.8 Å². The molecule has 21 N–H and O–H groups in total. The fraction of sp³-hybridized carbons (Fsp3) is 0.712. The number of phosphoric ester groups is 1. The van der Waals surface area contributed by atoms with Crippen molar-refractivity contribution < 1.29 is 190 Å². The van der Waals surface area contributed by atoms with Gasteiger partial charge in [0.2, 0.25) is 24.4 Å². The Morgan fingerprint density at radius 3 is 1.79 bits per heavy atom. The minimum absolute atomic E-state index is 0.0569. The van der Waals surface area contributed by atoms with Gasteiger partial charge in [0.05, 0.1) is 45.2 Å². The van der Waals surface area contributed by atoms with E-state index in [0.717, 1.165) is 26.1 Å². The van der Waals surface area contributed by atoms with Gasteiger partial charge in [0, 0.05) is 64.6 Å². The molecular formula is C59H85N7O40P-. The number of hydrogen-bond donors (Lipinski definition) is 20. The van der Waals surface area contributed by atoms with Crippen LogP contribution in [-0.2, 0) is 111 Å². The van der Waals surface area contributed by atoms with Gasteiger partial charge in [-0.15, -0.1) is 0 Å². The fourth-order valence-electron chi connectivity index (χ4n) is 12.5. The summed E-state index contributed by atoms with van der Waals surface area (Å²) in [5.41, 5.74) is 4.92. The van der Waals surface area contributed by atoms with E-state index in [-0.39, 0.29) is 37.4 Å². The van der Waals surface area contributed by atoms with E-state index in [1.165, 1.54) is 31.4 Å². The summed E-state index contributed by atoms with van der Waals surface area (Å²) >= 11 is 0. The SMILES string of the molecule is CO[C@@H]1C(CO)O[C@H](O[C@@H]2C(OC=O)O[C@@H](O[C@@H]3C(CO)O[C@H](O[C@@H]4C(OC=O)O[C@@H](OCCNC(=O)c5ccc(CNCC(=O)C[C@H]6C([C@H](O)[C@H](O)CO)O[C@](OP(=O)([O-])O[C@H]7O[C@@H](n8ccc(N)nc8=O)C(O)[C@H]7O)(C(=O)O)C[C@H]6O)cc5)C(O)[C@H]4O)C(NC(C)=O)[C@H]3O)C(O)[C@H]2O)C(NC(C)=O)[C@H]1O. The molecule has 48 heteroatoms. The minimum atomic E-state index is -6.16. The molecule has 0 radical (unpaired) electrons. The van der Waals surface area contributed by atoms with E-state index < -0.39 is 273 Å². The predicted molar refractivity (Wildman–Crippen MR) is 333 cm³/mol. The van der Waals surface area contributed by atoms with Gasteiger partial charge in [-0.3, -0.25) is 46.9 Å². The first-order valence-electron chi connectivity index (χ1n) is 32.6. The van der Waals surface area contributed by atoms with Gasteiger partial charge in [-0.25, -0.2) is 9.59 Å². The molecule has 47 nitrogen and oxygen atoms in total. The quantitative estimate of drug-likeness (QED) is 0.0173. The lowest BCUT2D eigenvalue weighted by Crippen LogP contribution is -2.70. The molecular weight excluding hydrogens is 1480 g/mol. The molecule has 1 aromatic carbocycles. The number of carbonyl (C=O) groups excluding carboxylic acids is 6. The molecule has 0 spiro atoms.